The van der Waals surface area contributed by atoms with Crippen LogP contribution in [0.5, 0.6) is 0 Å². The Morgan fingerprint density at radius 1 is 0.875 bits per heavy atom. The Bertz CT molecular complexity index is 123. The third kappa shape index (κ3) is 0.454. The van der Waals surface area contributed by atoms with Crippen LogP contribution >= 0.6 is 0 Å². The van der Waals surface area contributed by atoms with Crippen molar-refractivity contribution in [2.75, 3.05) is 0 Å². The van der Waals surface area contributed by atoms with Gasteiger partial charge in [0.25, 0.3) is 0 Å². The minimum absolute atomic E-state index is 1.60. The molecule has 0 aliphatic heterocycles. The molecule has 0 bridgehead atoms. The zero-order chi connectivity index (χ0) is 6.31. The fraction of sp³-hybridized carbons (Fsp3) is 0.500. The van der Waals surface area contributed by atoms with Gasteiger partial charge in [0.2, 0.25) is 0 Å². The van der Waals surface area contributed by atoms with Crippen LogP contribution in [-0.2, 0) is 0 Å². The molecule has 2 atom stereocenters. The van der Waals surface area contributed by atoms with Crippen LogP contribution in [0, 0.1) is 0 Å². The summed E-state index contributed by atoms with van der Waals surface area (Å²) in [7, 11) is 0. The molecule has 0 nitrogen and oxygen atoms in total. The van der Waals surface area contributed by atoms with Crippen LogP contribution < -0.4 is 0 Å². The quantitative estimate of drug-likeness (QED) is 0.434. The monoisotopic (exact) mass is 126 g/mol. The zero-order valence-electron chi connectivity index (χ0n) is 3.67. The number of allylic oxidation sites excluding steroid dienone is 2. The van der Waals surface area contributed by atoms with Gasteiger partial charge in [-0.2, -0.15) is 0 Å². The van der Waals surface area contributed by atoms with Crippen molar-refractivity contribution >= 4 is 0 Å². The van der Waals surface area contributed by atoms with Crippen molar-refractivity contribution in [3.8, 4) is 0 Å². The maximum atomic E-state index is 11.5. The normalized spacial score (nSPS) is 37.5. The molecule has 0 N–H and O–H groups in total. The summed E-state index contributed by atoms with van der Waals surface area (Å²) in [5.74, 6) is -3.20. The van der Waals surface area contributed by atoms with E-state index in [2.05, 4.69) is 0 Å². The predicted octanol–water partition coefficient (Wildman–Crippen LogP) is 1.83. The summed E-state index contributed by atoms with van der Waals surface area (Å²) in [6.07, 6.45) is -4.70. The molecule has 0 aromatic rings. The Morgan fingerprint density at radius 3 is 1.25 bits per heavy atom. The molecule has 0 saturated carbocycles. The van der Waals surface area contributed by atoms with Crippen molar-refractivity contribution in [1.82, 2.24) is 0 Å². The van der Waals surface area contributed by atoms with E-state index in [0.717, 1.165) is 0 Å². The highest BCUT2D eigenvalue weighted by Gasteiger charge is 2.43. The summed E-state index contributed by atoms with van der Waals surface area (Å²) in [5.41, 5.74) is 0. The lowest BCUT2D eigenvalue weighted by molar-refractivity contribution is 0.121. The van der Waals surface area contributed by atoms with Crippen LogP contribution in [0.2, 0.25) is 0 Å². The SMILES string of the molecule is FC1=C(F)C(F)C1F. The van der Waals surface area contributed by atoms with Gasteiger partial charge in [0.05, 0.1) is 0 Å². The second-order valence-electron chi connectivity index (χ2n) is 1.50. The van der Waals surface area contributed by atoms with E-state index in [1.807, 2.05) is 0 Å². The van der Waals surface area contributed by atoms with Crippen molar-refractivity contribution in [3.05, 3.63) is 11.7 Å². The number of alkyl halides is 2. The van der Waals surface area contributed by atoms with Gasteiger partial charge in [0.1, 0.15) is 0 Å². The Kier molecular flexibility index (Phi) is 1.03. The molecule has 0 aromatic carbocycles. The van der Waals surface area contributed by atoms with Gasteiger partial charge >= 0.3 is 0 Å². The molecule has 0 amide bonds. The van der Waals surface area contributed by atoms with E-state index in [-0.39, 0.29) is 0 Å². The first-order valence-corrected chi connectivity index (χ1v) is 1.98. The number of halogens is 4. The van der Waals surface area contributed by atoms with E-state index in [1.54, 1.807) is 0 Å². The lowest BCUT2D eigenvalue weighted by Crippen LogP contribution is -2.30. The van der Waals surface area contributed by atoms with Gasteiger partial charge in [0.15, 0.2) is 24.0 Å². The number of hydrogen-bond donors (Lipinski definition) is 0. The predicted molar refractivity (Wildman–Crippen MR) is 19.0 cm³/mol. The van der Waals surface area contributed by atoms with Crippen LogP contribution in [0.1, 0.15) is 0 Å². The van der Waals surface area contributed by atoms with E-state index in [0.29, 0.717) is 0 Å². The first-order chi connectivity index (χ1) is 3.64. The third-order valence-electron chi connectivity index (χ3n) is 0.969. The van der Waals surface area contributed by atoms with E-state index < -0.39 is 24.0 Å². The molecule has 0 fully saturated rings. The zero-order valence-corrected chi connectivity index (χ0v) is 3.67. The maximum absolute atomic E-state index is 11.5. The van der Waals surface area contributed by atoms with Crippen LogP contribution in [0.4, 0.5) is 17.6 Å². The average molecular weight is 126 g/mol. The van der Waals surface area contributed by atoms with Gasteiger partial charge < -0.3 is 0 Å². The molecule has 1 aliphatic rings. The molecular weight excluding hydrogens is 124 g/mol. The summed E-state index contributed by atoms with van der Waals surface area (Å²) in [5, 5.41) is 0. The summed E-state index contributed by atoms with van der Waals surface area (Å²) >= 11 is 0. The summed E-state index contributed by atoms with van der Waals surface area (Å²) in [6.45, 7) is 0. The maximum Gasteiger partial charge on any atom is 0.192 e. The molecule has 0 aromatic heterocycles. The number of rotatable bonds is 0. The van der Waals surface area contributed by atoms with Gasteiger partial charge in [-0.05, 0) is 0 Å². The van der Waals surface area contributed by atoms with E-state index in [9.17, 15) is 17.6 Å². The fourth-order valence-electron chi connectivity index (χ4n) is 0.424. The van der Waals surface area contributed by atoms with Crippen molar-refractivity contribution < 1.29 is 17.6 Å². The van der Waals surface area contributed by atoms with E-state index in [1.165, 1.54) is 0 Å². The molecule has 4 heteroatoms. The highest BCUT2D eigenvalue weighted by Crippen LogP contribution is 2.35. The van der Waals surface area contributed by atoms with Gasteiger partial charge in [-0.15, -0.1) is 0 Å². The Hall–Kier alpha value is -0.540. The lowest BCUT2D eigenvalue weighted by atomic mass is 10.0. The summed E-state index contributed by atoms with van der Waals surface area (Å²) in [4.78, 5) is 0. The van der Waals surface area contributed by atoms with Crippen LogP contribution in [-0.4, -0.2) is 12.3 Å². The fourth-order valence-corrected chi connectivity index (χ4v) is 0.424. The third-order valence-corrected chi connectivity index (χ3v) is 0.969. The first-order valence-electron chi connectivity index (χ1n) is 1.98. The number of hydrogen-bond acceptors (Lipinski definition) is 0. The van der Waals surface area contributed by atoms with Crippen LogP contribution in [0.15, 0.2) is 11.7 Å². The minimum atomic E-state index is -2.35. The Morgan fingerprint density at radius 2 is 1.12 bits per heavy atom. The molecular formula is C4H2F4. The second kappa shape index (κ2) is 1.47. The van der Waals surface area contributed by atoms with Crippen molar-refractivity contribution in [2.45, 2.75) is 12.3 Å². The first kappa shape index (κ1) is 5.59. The van der Waals surface area contributed by atoms with E-state index in [4.69, 9.17) is 0 Å². The molecule has 1 rings (SSSR count). The average Bonchev–Trinajstić information content (AvgIpc) is 1.83. The highest BCUT2D eigenvalue weighted by molar-refractivity contribution is 5.25. The molecule has 2 unspecified atom stereocenters. The minimum Gasteiger partial charge on any atom is -0.236 e. The molecule has 1 aliphatic carbocycles. The molecule has 0 radical (unpaired) electrons. The van der Waals surface area contributed by atoms with E-state index >= 15 is 0 Å². The van der Waals surface area contributed by atoms with Crippen molar-refractivity contribution in [3.63, 3.8) is 0 Å². The van der Waals surface area contributed by atoms with Gasteiger partial charge in [0, 0.05) is 0 Å². The van der Waals surface area contributed by atoms with Crippen LogP contribution in [0.25, 0.3) is 0 Å². The van der Waals surface area contributed by atoms with Crippen molar-refractivity contribution in [1.29, 1.82) is 0 Å². The molecule has 0 spiro atoms. The van der Waals surface area contributed by atoms with Gasteiger partial charge in [-0.3, -0.25) is 0 Å². The summed E-state index contributed by atoms with van der Waals surface area (Å²) in [6, 6.07) is 0. The van der Waals surface area contributed by atoms with Crippen molar-refractivity contribution in [2.24, 2.45) is 0 Å². The standard InChI is InChI=1S/C4H2F4/c5-1-2(6)4(8)3(1)7/h1-2H. The van der Waals surface area contributed by atoms with Gasteiger partial charge in [-0.25, -0.2) is 17.6 Å². The molecule has 0 heterocycles. The molecule has 8 heavy (non-hydrogen) atoms. The van der Waals surface area contributed by atoms with Crippen LogP contribution in [0.3, 0.4) is 0 Å². The Balaban J connectivity index is 2.74. The largest absolute Gasteiger partial charge is 0.236 e. The Labute approximate surface area is 42.8 Å². The van der Waals surface area contributed by atoms with Gasteiger partial charge in [-0.1, -0.05) is 0 Å². The highest BCUT2D eigenvalue weighted by atomic mass is 19.2. The molecule has 46 valence electrons. The second-order valence-corrected chi connectivity index (χ2v) is 1.50. The summed E-state index contributed by atoms with van der Waals surface area (Å²) < 4.78 is 45.9. The molecule has 0 saturated heterocycles. The smallest absolute Gasteiger partial charge is 0.192 e. The topological polar surface area (TPSA) is 0 Å². The lowest BCUT2D eigenvalue weighted by Gasteiger charge is -2.19.